The molecule has 0 atom stereocenters. The van der Waals surface area contributed by atoms with Crippen LogP contribution in [-0.4, -0.2) is 29.5 Å². The van der Waals surface area contributed by atoms with Crippen LogP contribution < -0.4 is 9.47 Å². The molecule has 0 amide bonds. The second-order valence-corrected chi connectivity index (χ2v) is 4.11. The Hall–Kier alpha value is -2.43. The molecule has 1 aromatic heterocycles. The van der Waals surface area contributed by atoms with Gasteiger partial charge in [-0.25, -0.2) is 9.97 Å². The molecular weight excluding hydrogens is 256 g/mol. The molecular formula is C15H16N2O3. The summed E-state index contributed by atoms with van der Waals surface area (Å²) in [4.78, 5) is 20.1. The number of carbonyl (C=O) groups excluding carboxylic acids is 1. The maximum Gasteiger partial charge on any atom is 0.216 e. The number of nitrogens with zero attached hydrogens (tertiary/aromatic N) is 2. The highest BCUT2D eigenvalue weighted by Crippen LogP contribution is 2.14. The first-order valence-electron chi connectivity index (χ1n) is 6.34. The maximum absolute atomic E-state index is 12.1. The van der Waals surface area contributed by atoms with Crippen molar-refractivity contribution in [2.24, 2.45) is 0 Å². The largest absolute Gasteiger partial charge is 0.494 e. The molecule has 0 aliphatic rings. The summed E-state index contributed by atoms with van der Waals surface area (Å²) in [5.74, 6) is 1.20. The molecule has 20 heavy (non-hydrogen) atoms. The van der Waals surface area contributed by atoms with Gasteiger partial charge in [-0.2, -0.15) is 0 Å². The highest BCUT2D eigenvalue weighted by atomic mass is 16.5. The Bertz CT molecular complexity index is 582. The normalized spacial score (nSPS) is 10.1. The zero-order chi connectivity index (χ0) is 14.4. The smallest absolute Gasteiger partial charge is 0.216 e. The van der Waals surface area contributed by atoms with Gasteiger partial charge in [0.2, 0.25) is 5.88 Å². The molecule has 0 saturated heterocycles. The topological polar surface area (TPSA) is 61.3 Å². The maximum atomic E-state index is 12.1. The summed E-state index contributed by atoms with van der Waals surface area (Å²) in [6.07, 6.45) is 1.60. The molecule has 0 aliphatic heterocycles. The quantitative estimate of drug-likeness (QED) is 0.755. The van der Waals surface area contributed by atoms with Gasteiger partial charge in [0.05, 0.1) is 25.8 Å². The molecule has 0 saturated carbocycles. The second-order valence-electron chi connectivity index (χ2n) is 4.11. The Morgan fingerprint density at radius 1 is 1.20 bits per heavy atom. The first-order chi connectivity index (χ1) is 9.72. The monoisotopic (exact) mass is 272 g/mol. The van der Waals surface area contributed by atoms with E-state index in [0.717, 1.165) is 5.75 Å². The zero-order valence-corrected chi connectivity index (χ0v) is 11.5. The Morgan fingerprint density at radius 3 is 2.60 bits per heavy atom. The van der Waals surface area contributed by atoms with Gasteiger partial charge in [-0.3, -0.25) is 4.79 Å². The van der Waals surface area contributed by atoms with Crippen molar-refractivity contribution in [3.05, 3.63) is 47.9 Å². The van der Waals surface area contributed by atoms with E-state index in [2.05, 4.69) is 9.97 Å². The fourth-order valence-electron chi connectivity index (χ4n) is 1.76. The van der Waals surface area contributed by atoms with Crippen molar-refractivity contribution in [2.45, 2.75) is 13.3 Å². The Balaban J connectivity index is 2.07. The van der Waals surface area contributed by atoms with E-state index >= 15 is 0 Å². The third kappa shape index (κ3) is 3.54. The van der Waals surface area contributed by atoms with Crippen LogP contribution in [0.25, 0.3) is 0 Å². The molecule has 2 rings (SSSR count). The Morgan fingerprint density at radius 2 is 1.95 bits per heavy atom. The van der Waals surface area contributed by atoms with Crippen LogP contribution in [0.1, 0.15) is 23.0 Å². The first-order valence-corrected chi connectivity index (χ1v) is 6.34. The van der Waals surface area contributed by atoms with Crippen LogP contribution in [-0.2, 0) is 6.42 Å². The fourth-order valence-corrected chi connectivity index (χ4v) is 1.76. The molecule has 0 aliphatic carbocycles. The predicted octanol–water partition coefficient (Wildman–Crippen LogP) is 2.31. The van der Waals surface area contributed by atoms with Crippen LogP contribution in [0.4, 0.5) is 0 Å². The summed E-state index contributed by atoms with van der Waals surface area (Å²) in [5, 5.41) is 0. The van der Waals surface area contributed by atoms with Crippen molar-refractivity contribution in [3.8, 4) is 11.6 Å². The molecule has 0 spiro atoms. The first kappa shape index (κ1) is 14.0. The van der Waals surface area contributed by atoms with Gasteiger partial charge in [-0.1, -0.05) is 0 Å². The minimum absolute atomic E-state index is 0.00574. The van der Waals surface area contributed by atoms with E-state index in [0.29, 0.717) is 23.7 Å². The molecule has 2 aromatic rings. The third-order valence-corrected chi connectivity index (χ3v) is 2.74. The molecule has 104 valence electrons. The third-order valence-electron chi connectivity index (χ3n) is 2.74. The van der Waals surface area contributed by atoms with E-state index in [-0.39, 0.29) is 12.2 Å². The number of rotatable bonds is 6. The fraction of sp³-hybridized carbons (Fsp3) is 0.267. The molecule has 0 N–H and O–H groups in total. The van der Waals surface area contributed by atoms with Crippen LogP contribution in [0.5, 0.6) is 11.6 Å². The number of hydrogen-bond donors (Lipinski definition) is 0. The summed E-state index contributed by atoms with van der Waals surface area (Å²) in [6.45, 7) is 2.52. The van der Waals surface area contributed by atoms with Crippen molar-refractivity contribution in [1.29, 1.82) is 0 Å². The van der Waals surface area contributed by atoms with Gasteiger partial charge < -0.3 is 9.47 Å². The summed E-state index contributed by atoms with van der Waals surface area (Å²) >= 11 is 0. The zero-order valence-electron chi connectivity index (χ0n) is 11.5. The van der Waals surface area contributed by atoms with E-state index in [1.54, 1.807) is 30.3 Å². The lowest BCUT2D eigenvalue weighted by atomic mass is 10.1. The number of aromatic nitrogens is 2. The molecule has 5 heteroatoms. The average Bonchev–Trinajstić information content (AvgIpc) is 2.48. The number of benzene rings is 1. The second kappa shape index (κ2) is 6.65. The van der Waals surface area contributed by atoms with Gasteiger partial charge in [-0.15, -0.1) is 0 Å². The van der Waals surface area contributed by atoms with Crippen LogP contribution in [0.3, 0.4) is 0 Å². The van der Waals surface area contributed by atoms with Crippen molar-refractivity contribution in [1.82, 2.24) is 9.97 Å². The van der Waals surface area contributed by atoms with Crippen LogP contribution >= 0.6 is 0 Å². The average molecular weight is 272 g/mol. The highest BCUT2D eigenvalue weighted by Gasteiger charge is 2.09. The van der Waals surface area contributed by atoms with Gasteiger partial charge in [0, 0.05) is 11.6 Å². The molecule has 0 radical (unpaired) electrons. The van der Waals surface area contributed by atoms with Gasteiger partial charge in [0.15, 0.2) is 5.78 Å². The van der Waals surface area contributed by atoms with Crippen molar-refractivity contribution in [3.63, 3.8) is 0 Å². The summed E-state index contributed by atoms with van der Waals surface area (Å²) in [6, 6.07) is 8.75. The number of ketones is 1. The standard InChI is InChI=1S/C15H16N2O3/c1-3-20-13-6-4-11(5-7-13)14(18)8-12-9-15(19-2)17-10-16-12/h4-7,9-10H,3,8H2,1-2H3. The Kier molecular flexibility index (Phi) is 4.65. The van der Waals surface area contributed by atoms with E-state index in [4.69, 9.17) is 9.47 Å². The van der Waals surface area contributed by atoms with Crippen molar-refractivity contribution >= 4 is 5.78 Å². The summed E-state index contributed by atoms with van der Waals surface area (Å²) in [5.41, 5.74) is 1.27. The van der Waals surface area contributed by atoms with Crippen LogP contribution in [0.15, 0.2) is 36.7 Å². The number of hydrogen-bond acceptors (Lipinski definition) is 5. The molecule has 1 aromatic carbocycles. The number of carbonyl (C=O) groups is 1. The molecule has 0 unspecified atom stereocenters. The molecule has 5 nitrogen and oxygen atoms in total. The van der Waals surface area contributed by atoms with E-state index in [9.17, 15) is 4.79 Å². The van der Waals surface area contributed by atoms with Gasteiger partial charge >= 0.3 is 0 Å². The van der Waals surface area contributed by atoms with E-state index in [1.165, 1.54) is 13.4 Å². The van der Waals surface area contributed by atoms with E-state index in [1.807, 2.05) is 6.92 Å². The SMILES string of the molecule is CCOc1ccc(C(=O)Cc2cc(OC)ncn2)cc1. The lowest BCUT2D eigenvalue weighted by Gasteiger charge is -2.05. The molecule has 1 heterocycles. The van der Waals surface area contributed by atoms with Crippen LogP contribution in [0.2, 0.25) is 0 Å². The van der Waals surface area contributed by atoms with Crippen LogP contribution in [0, 0.1) is 0 Å². The number of Topliss-reactive ketones (excluding diaryl/α,β-unsaturated/α-hetero) is 1. The minimum Gasteiger partial charge on any atom is -0.494 e. The lowest BCUT2D eigenvalue weighted by Crippen LogP contribution is -2.06. The number of methoxy groups -OCH3 is 1. The van der Waals surface area contributed by atoms with Crippen molar-refractivity contribution < 1.29 is 14.3 Å². The lowest BCUT2D eigenvalue weighted by molar-refractivity contribution is 0.0992. The summed E-state index contributed by atoms with van der Waals surface area (Å²) < 4.78 is 10.3. The predicted molar refractivity (Wildman–Crippen MR) is 74.2 cm³/mol. The molecule has 0 fully saturated rings. The Labute approximate surface area is 117 Å². The summed E-state index contributed by atoms with van der Waals surface area (Å²) in [7, 11) is 1.53. The van der Waals surface area contributed by atoms with Gasteiger partial charge in [0.1, 0.15) is 12.1 Å². The van der Waals surface area contributed by atoms with Gasteiger partial charge in [0.25, 0.3) is 0 Å². The molecule has 0 bridgehead atoms. The minimum atomic E-state index is -0.00574. The van der Waals surface area contributed by atoms with Gasteiger partial charge in [-0.05, 0) is 31.2 Å². The van der Waals surface area contributed by atoms with Crippen molar-refractivity contribution in [2.75, 3.05) is 13.7 Å². The number of ether oxygens (including phenoxy) is 2. The van der Waals surface area contributed by atoms with E-state index < -0.39 is 0 Å². The highest BCUT2D eigenvalue weighted by molar-refractivity contribution is 5.97.